The van der Waals surface area contributed by atoms with Crippen LogP contribution >= 0.6 is 0 Å². The summed E-state index contributed by atoms with van der Waals surface area (Å²) < 4.78 is 0. The van der Waals surface area contributed by atoms with E-state index in [-0.39, 0.29) is 0 Å². The lowest BCUT2D eigenvalue weighted by atomic mass is 10.3. The van der Waals surface area contributed by atoms with Gasteiger partial charge in [-0.3, -0.25) is 9.97 Å². The second kappa shape index (κ2) is 6.07. The lowest BCUT2D eigenvalue weighted by molar-refractivity contribution is 0.778. The largest absolute Gasteiger partial charge is 0.353 e. The van der Waals surface area contributed by atoms with Crippen LogP contribution in [0.4, 0.5) is 5.82 Å². The highest BCUT2D eigenvalue weighted by molar-refractivity contribution is 5.35. The minimum atomic E-state index is 0.723. The van der Waals surface area contributed by atoms with E-state index in [9.17, 15) is 0 Å². The number of hydrogen-bond donors (Lipinski definition) is 1. The van der Waals surface area contributed by atoms with Crippen molar-refractivity contribution in [2.75, 3.05) is 19.0 Å². The van der Waals surface area contributed by atoms with Crippen molar-refractivity contribution in [1.82, 2.24) is 20.3 Å². The molecule has 2 heterocycles. The summed E-state index contributed by atoms with van der Waals surface area (Å²) in [6.45, 7) is 1.46. The van der Waals surface area contributed by atoms with E-state index >= 15 is 0 Å². The van der Waals surface area contributed by atoms with Crippen LogP contribution in [0.5, 0.6) is 0 Å². The van der Waals surface area contributed by atoms with Crippen LogP contribution in [-0.4, -0.2) is 29.0 Å². The van der Waals surface area contributed by atoms with Crippen LogP contribution in [0, 0.1) is 0 Å². The van der Waals surface area contributed by atoms with E-state index in [1.165, 1.54) is 0 Å². The molecule has 0 aromatic carbocycles. The maximum atomic E-state index is 4.39. The third-order valence-corrected chi connectivity index (χ3v) is 2.57. The molecule has 5 nitrogen and oxygen atoms in total. The molecule has 0 aliphatic carbocycles. The van der Waals surface area contributed by atoms with Gasteiger partial charge in [-0.1, -0.05) is 6.07 Å². The van der Waals surface area contributed by atoms with Gasteiger partial charge < -0.3 is 10.2 Å². The smallest absolute Gasteiger partial charge is 0.147 e. The van der Waals surface area contributed by atoms with Crippen molar-refractivity contribution in [3.8, 4) is 0 Å². The van der Waals surface area contributed by atoms with Crippen molar-refractivity contribution >= 4 is 5.82 Å². The minimum absolute atomic E-state index is 0.723. The summed E-state index contributed by atoms with van der Waals surface area (Å²) in [4.78, 5) is 15.1. The topological polar surface area (TPSA) is 53.9 Å². The van der Waals surface area contributed by atoms with E-state index < -0.39 is 0 Å². The molecule has 0 atom stereocenters. The van der Waals surface area contributed by atoms with Gasteiger partial charge in [0.15, 0.2) is 0 Å². The number of pyridine rings is 1. The molecule has 0 saturated carbocycles. The fourth-order valence-corrected chi connectivity index (χ4v) is 1.63. The van der Waals surface area contributed by atoms with Crippen molar-refractivity contribution in [2.45, 2.75) is 13.1 Å². The number of nitrogens with one attached hydrogen (secondary N) is 1. The van der Waals surface area contributed by atoms with Gasteiger partial charge in [-0.05, 0) is 19.2 Å². The summed E-state index contributed by atoms with van der Waals surface area (Å²) in [5.74, 6) is 0.848. The zero-order chi connectivity index (χ0) is 12.8. The summed E-state index contributed by atoms with van der Waals surface area (Å²) in [6, 6.07) is 5.90. The Labute approximate surface area is 107 Å². The molecular formula is C13H17N5. The average molecular weight is 243 g/mol. The van der Waals surface area contributed by atoms with Crippen molar-refractivity contribution in [3.05, 3.63) is 48.2 Å². The number of aromatic nitrogens is 3. The molecule has 2 rings (SSSR count). The predicted molar refractivity (Wildman–Crippen MR) is 71.1 cm³/mol. The molecule has 1 N–H and O–H groups in total. The SMILES string of the molecule is CNCc1cnc(N(C)Cc2ccccn2)cn1. The summed E-state index contributed by atoms with van der Waals surface area (Å²) in [5.41, 5.74) is 1.95. The number of rotatable bonds is 5. The Morgan fingerprint density at radius 3 is 2.61 bits per heavy atom. The van der Waals surface area contributed by atoms with Crippen molar-refractivity contribution < 1.29 is 0 Å². The third kappa shape index (κ3) is 3.24. The summed E-state index contributed by atoms with van der Waals surface area (Å²) in [7, 11) is 3.87. The zero-order valence-corrected chi connectivity index (χ0v) is 10.7. The predicted octanol–water partition coefficient (Wildman–Crippen LogP) is 1.23. The Morgan fingerprint density at radius 2 is 2.00 bits per heavy atom. The van der Waals surface area contributed by atoms with Gasteiger partial charge in [0.1, 0.15) is 5.82 Å². The molecule has 0 saturated heterocycles. The third-order valence-electron chi connectivity index (χ3n) is 2.57. The standard InChI is InChI=1S/C13H17N5/c1-14-7-12-8-17-13(9-16-12)18(2)10-11-5-3-4-6-15-11/h3-6,8-9,14H,7,10H2,1-2H3. The second-order valence-electron chi connectivity index (χ2n) is 4.07. The molecule has 0 spiro atoms. The molecule has 5 heteroatoms. The van der Waals surface area contributed by atoms with Gasteiger partial charge in [-0.25, -0.2) is 4.98 Å². The van der Waals surface area contributed by atoms with Crippen molar-refractivity contribution in [1.29, 1.82) is 0 Å². The van der Waals surface area contributed by atoms with Crippen LogP contribution < -0.4 is 10.2 Å². The van der Waals surface area contributed by atoms with Crippen LogP contribution in [0.2, 0.25) is 0 Å². The molecule has 0 amide bonds. The second-order valence-corrected chi connectivity index (χ2v) is 4.07. The van der Waals surface area contributed by atoms with Gasteiger partial charge in [0.25, 0.3) is 0 Å². The van der Waals surface area contributed by atoms with Crippen LogP contribution in [-0.2, 0) is 13.1 Å². The molecule has 0 fully saturated rings. The summed E-state index contributed by atoms with van der Waals surface area (Å²) >= 11 is 0. The van der Waals surface area contributed by atoms with Gasteiger partial charge in [0.2, 0.25) is 0 Å². The fourth-order valence-electron chi connectivity index (χ4n) is 1.63. The maximum absolute atomic E-state index is 4.39. The zero-order valence-electron chi connectivity index (χ0n) is 10.7. The quantitative estimate of drug-likeness (QED) is 0.856. The molecule has 2 aromatic heterocycles. The Morgan fingerprint density at radius 1 is 1.11 bits per heavy atom. The van der Waals surface area contributed by atoms with Gasteiger partial charge in [-0.15, -0.1) is 0 Å². The molecule has 0 unspecified atom stereocenters. The molecule has 94 valence electrons. The average Bonchev–Trinajstić information content (AvgIpc) is 2.41. The molecule has 0 aliphatic heterocycles. The molecule has 0 aliphatic rings. The van der Waals surface area contributed by atoms with E-state index in [0.717, 1.165) is 30.3 Å². The fraction of sp³-hybridized carbons (Fsp3) is 0.308. The molecular weight excluding hydrogens is 226 g/mol. The first-order chi connectivity index (χ1) is 8.79. The first-order valence-electron chi connectivity index (χ1n) is 5.86. The number of hydrogen-bond acceptors (Lipinski definition) is 5. The van der Waals surface area contributed by atoms with Crippen LogP contribution in [0.25, 0.3) is 0 Å². The first-order valence-corrected chi connectivity index (χ1v) is 5.86. The monoisotopic (exact) mass is 243 g/mol. The first kappa shape index (κ1) is 12.4. The summed E-state index contributed by atoms with van der Waals surface area (Å²) in [6.07, 6.45) is 5.38. The summed E-state index contributed by atoms with van der Waals surface area (Å²) in [5, 5.41) is 3.05. The molecule has 0 radical (unpaired) electrons. The van der Waals surface area contributed by atoms with Crippen LogP contribution in [0.15, 0.2) is 36.8 Å². The van der Waals surface area contributed by atoms with E-state index in [1.807, 2.05) is 37.2 Å². The number of anilines is 1. The van der Waals surface area contributed by atoms with E-state index in [2.05, 4.69) is 20.3 Å². The normalized spacial score (nSPS) is 10.3. The molecule has 18 heavy (non-hydrogen) atoms. The Bertz CT molecular complexity index is 469. The van der Waals surface area contributed by atoms with Gasteiger partial charge in [0.05, 0.1) is 30.3 Å². The van der Waals surface area contributed by atoms with Crippen molar-refractivity contribution in [2.24, 2.45) is 0 Å². The van der Waals surface area contributed by atoms with E-state index in [4.69, 9.17) is 0 Å². The lowest BCUT2D eigenvalue weighted by Gasteiger charge is -2.17. The van der Waals surface area contributed by atoms with E-state index in [0.29, 0.717) is 0 Å². The molecule has 0 bridgehead atoms. The van der Waals surface area contributed by atoms with Crippen molar-refractivity contribution in [3.63, 3.8) is 0 Å². The maximum Gasteiger partial charge on any atom is 0.147 e. The van der Waals surface area contributed by atoms with Crippen LogP contribution in [0.1, 0.15) is 11.4 Å². The van der Waals surface area contributed by atoms with E-state index in [1.54, 1.807) is 18.6 Å². The van der Waals surface area contributed by atoms with Crippen LogP contribution in [0.3, 0.4) is 0 Å². The Kier molecular flexibility index (Phi) is 4.20. The van der Waals surface area contributed by atoms with Gasteiger partial charge >= 0.3 is 0 Å². The highest BCUT2D eigenvalue weighted by Crippen LogP contribution is 2.09. The van der Waals surface area contributed by atoms with Gasteiger partial charge in [0, 0.05) is 19.8 Å². The van der Waals surface area contributed by atoms with Gasteiger partial charge in [-0.2, -0.15) is 0 Å². The Hall–Kier alpha value is -2.01. The highest BCUT2D eigenvalue weighted by atomic mass is 15.2. The highest BCUT2D eigenvalue weighted by Gasteiger charge is 2.04. The number of nitrogens with zero attached hydrogens (tertiary/aromatic N) is 4. The Balaban J connectivity index is 2.02. The molecule has 2 aromatic rings. The lowest BCUT2D eigenvalue weighted by Crippen LogP contribution is -2.19. The minimum Gasteiger partial charge on any atom is -0.353 e.